The summed E-state index contributed by atoms with van der Waals surface area (Å²) < 4.78 is 0. The van der Waals surface area contributed by atoms with Crippen molar-refractivity contribution in [3.8, 4) is 0 Å². The molecule has 0 bridgehead atoms. The Bertz CT molecular complexity index is 296. The van der Waals surface area contributed by atoms with Crippen molar-refractivity contribution >= 4 is 6.08 Å². The molecule has 0 aromatic heterocycles. The van der Waals surface area contributed by atoms with Gasteiger partial charge in [0.05, 0.1) is 6.61 Å². The van der Waals surface area contributed by atoms with Crippen LogP contribution in [0.3, 0.4) is 0 Å². The molecule has 0 radical (unpaired) electrons. The van der Waals surface area contributed by atoms with Gasteiger partial charge in [-0.25, -0.2) is 0 Å². The van der Waals surface area contributed by atoms with Crippen LogP contribution in [0.1, 0.15) is 12.5 Å². The highest BCUT2D eigenvalue weighted by Gasteiger charge is 1.83. The molecule has 1 N–H and O–H groups in total. The fourth-order valence-corrected chi connectivity index (χ4v) is 1.00. The summed E-state index contributed by atoms with van der Waals surface area (Å²) in [7, 11) is 0. The summed E-state index contributed by atoms with van der Waals surface area (Å²) in [5.74, 6) is 0. The van der Waals surface area contributed by atoms with Gasteiger partial charge in [0, 0.05) is 0 Å². The lowest BCUT2D eigenvalue weighted by Crippen LogP contribution is -1.75. The number of hydrogen-bond donors (Lipinski definition) is 1. The van der Waals surface area contributed by atoms with Crippen LogP contribution in [0.2, 0.25) is 0 Å². The van der Waals surface area contributed by atoms with E-state index in [-0.39, 0.29) is 6.61 Å². The minimum atomic E-state index is 0.102. The fraction of sp³-hybridized carbons (Fsp3) is 0.167. The van der Waals surface area contributed by atoms with Gasteiger partial charge in [-0.15, -0.1) is 0 Å². The number of allylic oxidation sites excluding steroid dienone is 2. The summed E-state index contributed by atoms with van der Waals surface area (Å²) in [6.45, 7) is 2.07. The van der Waals surface area contributed by atoms with Crippen LogP contribution in [0.25, 0.3) is 6.08 Å². The fourth-order valence-electron chi connectivity index (χ4n) is 1.00. The van der Waals surface area contributed by atoms with E-state index in [1.54, 1.807) is 6.08 Å². The second kappa shape index (κ2) is 5.33. The maximum atomic E-state index is 8.62. The van der Waals surface area contributed by atoms with Crippen molar-refractivity contribution in [1.82, 2.24) is 0 Å². The number of aliphatic hydroxyl groups excluding tert-OH is 1. The zero-order valence-corrected chi connectivity index (χ0v) is 7.77. The minimum absolute atomic E-state index is 0.102. The monoisotopic (exact) mass is 174 g/mol. The first kappa shape index (κ1) is 9.75. The second-order valence-electron chi connectivity index (χ2n) is 2.87. The van der Waals surface area contributed by atoms with Crippen molar-refractivity contribution in [3.63, 3.8) is 0 Å². The Morgan fingerprint density at radius 1 is 1.31 bits per heavy atom. The quantitative estimate of drug-likeness (QED) is 0.698. The number of aliphatic hydroxyl groups is 1. The van der Waals surface area contributed by atoms with Gasteiger partial charge in [-0.2, -0.15) is 0 Å². The van der Waals surface area contributed by atoms with Crippen LogP contribution in [0, 0.1) is 0 Å². The Morgan fingerprint density at radius 3 is 2.62 bits per heavy atom. The Balaban J connectivity index is 2.64. The van der Waals surface area contributed by atoms with E-state index in [2.05, 4.69) is 0 Å². The average Bonchev–Trinajstić information content (AvgIpc) is 2.17. The summed E-state index contributed by atoms with van der Waals surface area (Å²) in [6, 6.07) is 10.1. The number of benzene rings is 1. The molecule has 0 atom stereocenters. The van der Waals surface area contributed by atoms with E-state index in [1.807, 2.05) is 49.4 Å². The number of hydrogen-bond acceptors (Lipinski definition) is 1. The van der Waals surface area contributed by atoms with Gasteiger partial charge in [-0.3, -0.25) is 0 Å². The average molecular weight is 174 g/mol. The van der Waals surface area contributed by atoms with Gasteiger partial charge in [0.2, 0.25) is 0 Å². The summed E-state index contributed by atoms with van der Waals surface area (Å²) in [5.41, 5.74) is 2.25. The molecule has 0 saturated carbocycles. The van der Waals surface area contributed by atoms with Gasteiger partial charge < -0.3 is 5.11 Å². The molecule has 0 heterocycles. The molecule has 0 amide bonds. The van der Waals surface area contributed by atoms with E-state index in [9.17, 15) is 0 Å². The van der Waals surface area contributed by atoms with Gasteiger partial charge >= 0.3 is 0 Å². The van der Waals surface area contributed by atoms with Gasteiger partial charge in [0.15, 0.2) is 0 Å². The molecule has 0 unspecified atom stereocenters. The Morgan fingerprint density at radius 2 is 2.00 bits per heavy atom. The third-order valence-corrected chi connectivity index (χ3v) is 1.75. The molecular weight excluding hydrogens is 160 g/mol. The molecule has 0 saturated heterocycles. The molecular formula is C12H14O. The molecule has 13 heavy (non-hydrogen) atoms. The van der Waals surface area contributed by atoms with Crippen molar-refractivity contribution in [2.24, 2.45) is 0 Å². The zero-order chi connectivity index (χ0) is 9.52. The van der Waals surface area contributed by atoms with Crippen molar-refractivity contribution < 1.29 is 5.11 Å². The first-order chi connectivity index (χ1) is 6.33. The maximum absolute atomic E-state index is 8.62. The second-order valence-corrected chi connectivity index (χ2v) is 2.87. The highest BCUT2D eigenvalue weighted by molar-refractivity contribution is 5.52. The Hall–Kier alpha value is -1.34. The van der Waals surface area contributed by atoms with Crippen LogP contribution < -0.4 is 0 Å². The molecule has 1 aromatic carbocycles. The minimum Gasteiger partial charge on any atom is -0.392 e. The molecule has 0 aliphatic heterocycles. The summed E-state index contributed by atoms with van der Waals surface area (Å²) in [5, 5.41) is 8.62. The predicted octanol–water partition coefficient (Wildman–Crippen LogP) is 2.64. The van der Waals surface area contributed by atoms with E-state index in [0.29, 0.717) is 0 Å². The lowest BCUT2D eigenvalue weighted by Gasteiger charge is -1.92. The Labute approximate surface area is 79.0 Å². The third-order valence-electron chi connectivity index (χ3n) is 1.75. The predicted molar refractivity (Wildman–Crippen MR) is 56.3 cm³/mol. The lowest BCUT2D eigenvalue weighted by molar-refractivity contribution is 0.342. The van der Waals surface area contributed by atoms with Gasteiger partial charge in [-0.05, 0) is 12.5 Å². The van der Waals surface area contributed by atoms with E-state index in [4.69, 9.17) is 5.11 Å². The molecule has 0 fully saturated rings. The van der Waals surface area contributed by atoms with Crippen molar-refractivity contribution in [2.45, 2.75) is 6.92 Å². The first-order valence-electron chi connectivity index (χ1n) is 4.33. The van der Waals surface area contributed by atoms with Gasteiger partial charge in [0.1, 0.15) is 0 Å². The molecule has 0 spiro atoms. The lowest BCUT2D eigenvalue weighted by atomic mass is 10.2. The number of rotatable bonds is 3. The van der Waals surface area contributed by atoms with E-state index >= 15 is 0 Å². The van der Waals surface area contributed by atoms with Crippen LogP contribution in [-0.4, -0.2) is 11.7 Å². The first-order valence-corrected chi connectivity index (χ1v) is 4.33. The Kier molecular flexibility index (Phi) is 4.00. The molecule has 1 aromatic rings. The highest BCUT2D eigenvalue weighted by Crippen LogP contribution is 2.04. The van der Waals surface area contributed by atoms with Crippen LogP contribution in [-0.2, 0) is 0 Å². The molecule has 1 heteroatoms. The molecule has 0 aliphatic carbocycles. The SMILES string of the molecule is CC(/C=C\c1ccccc1)=C/CO. The van der Waals surface area contributed by atoms with E-state index in [0.717, 1.165) is 5.57 Å². The van der Waals surface area contributed by atoms with Crippen molar-refractivity contribution in [2.75, 3.05) is 6.61 Å². The summed E-state index contributed by atoms with van der Waals surface area (Å²) >= 11 is 0. The van der Waals surface area contributed by atoms with E-state index < -0.39 is 0 Å². The van der Waals surface area contributed by atoms with Crippen LogP contribution in [0.5, 0.6) is 0 Å². The third kappa shape index (κ3) is 3.72. The van der Waals surface area contributed by atoms with Crippen molar-refractivity contribution in [1.29, 1.82) is 0 Å². The van der Waals surface area contributed by atoms with E-state index in [1.165, 1.54) is 5.56 Å². The van der Waals surface area contributed by atoms with Crippen LogP contribution >= 0.6 is 0 Å². The van der Waals surface area contributed by atoms with Crippen LogP contribution in [0.15, 0.2) is 48.1 Å². The van der Waals surface area contributed by atoms with Gasteiger partial charge in [0.25, 0.3) is 0 Å². The van der Waals surface area contributed by atoms with Crippen LogP contribution in [0.4, 0.5) is 0 Å². The highest BCUT2D eigenvalue weighted by atomic mass is 16.2. The molecule has 1 nitrogen and oxygen atoms in total. The summed E-state index contributed by atoms with van der Waals surface area (Å²) in [4.78, 5) is 0. The normalized spacial score (nSPS) is 12.3. The standard InChI is InChI=1S/C12H14O/c1-11(9-10-13)7-8-12-5-3-2-4-6-12/h2-9,13H,10H2,1H3/b8-7-,11-9-. The topological polar surface area (TPSA) is 20.2 Å². The maximum Gasteiger partial charge on any atom is 0.0617 e. The summed E-state index contributed by atoms with van der Waals surface area (Å²) in [6.07, 6.45) is 5.80. The van der Waals surface area contributed by atoms with Gasteiger partial charge in [-0.1, -0.05) is 54.1 Å². The largest absolute Gasteiger partial charge is 0.392 e. The zero-order valence-electron chi connectivity index (χ0n) is 7.77. The molecule has 0 aliphatic rings. The van der Waals surface area contributed by atoms with Crippen molar-refractivity contribution in [3.05, 3.63) is 53.6 Å². The molecule has 68 valence electrons. The smallest absolute Gasteiger partial charge is 0.0617 e. The molecule has 1 rings (SSSR count).